The van der Waals surface area contributed by atoms with E-state index in [0.29, 0.717) is 18.0 Å². The molecule has 1 N–H and O–H groups in total. The number of sulfonamides is 1. The summed E-state index contributed by atoms with van der Waals surface area (Å²) in [6.07, 6.45) is 0. The van der Waals surface area contributed by atoms with Crippen molar-refractivity contribution in [2.75, 3.05) is 27.2 Å². The van der Waals surface area contributed by atoms with E-state index in [2.05, 4.69) is 10.2 Å². The van der Waals surface area contributed by atoms with Crippen LogP contribution < -0.4 is 5.32 Å². The fourth-order valence-electron chi connectivity index (χ4n) is 2.75. The summed E-state index contributed by atoms with van der Waals surface area (Å²) in [4.78, 5) is 2.44. The molecule has 1 heterocycles. The van der Waals surface area contributed by atoms with E-state index in [1.165, 1.54) is 0 Å². The molecule has 22 heavy (non-hydrogen) atoms. The van der Waals surface area contributed by atoms with E-state index in [0.717, 1.165) is 12.1 Å². The van der Waals surface area contributed by atoms with Crippen LogP contribution in [0.4, 0.5) is 0 Å². The smallest absolute Gasteiger partial charge is 0.243 e. The third-order valence-electron chi connectivity index (χ3n) is 3.58. The van der Waals surface area contributed by atoms with Gasteiger partial charge in [0.25, 0.3) is 0 Å². The SMILES string of the molecule is CC1CN(S(=O)(=O)c2ccc(CN(C)C)cc2)CC(C)N1.Cl. The zero-order chi connectivity index (χ0) is 15.6. The number of nitrogens with zero attached hydrogens (tertiary/aromatic N) is 2. The lowest BCUT2D eigenvalue weighted by atomic mass is 10.2. The van der Waals surface area contributed by atoms with Gasteiger partial charge in [-0.3, -0.25) is 0 Å². The molecule has 2 rings (SSSR count). The van der Waals surface area contributed by atoms with Crippen molar-refractivity contribution in [1.29, 1.82) is 0 Å². The molecule has 5 nitrogen and oxygen atoms in total. The van der Waals surface area contributed by atoms with Crippen LogP contribution >= 0.6 is 12.4 Å². The Morgan fingerprint density at radius 2 is 1.64 bits per heavy atom. The fraction of sp³-hybridized carbons (Fsp3) is 0.600. The minimum Gasteiger partial charge on any atom is -0.309 e. The lowest BCUT2D eigenvalue weighted by Gasteiger charge is -2.35. The zero-order valence-electron chi connectivity index (χ0n) is 13.6. The maximum atomic E-state index is 12.7. The van der Waals surface area contributed by atoms with Crippen molar-refractivity contribution in [1.82, 2.24) is 14.5 Å². The van der Waals surface area contributed by atoms with Gasteiger partial charge < -0.3 is 10.2 Å². The van der Waals surface area contributed by atoms with E-state index < -0.39 is 10.0 Å². The molecule has 0 bridgehead atoms. The average molecular weight is 348 g/mol. The van der Waals surface area contributed by atoms with Crippen molar-refractivity contribution in [2.24, 2.45) is 0 Å². The highest BCUT2D eigenvalue weighted by Crippen LogP contribution is 2.19. The molecule has 2 unspecified atom stereocenters. The number of hydrogen-bond acceptors (Lipinski definition) is 4. The van der Waals surface area contributed by atoms with Crippen LogP contribution in [0, 0.1) is 0 Å². The number of piperazine rings is 1. The van der Waals surface area contributed by atoms with Gasteiger partial charge in [-0.2, -0.15) is 4.31 Å². The van der Waals surface area contributed by atoms with E-state index in [1.54, 1.807) is 16.4 Å². The minimum absolute atomic E-state index is 0. The molecule has 0 saturated carbocycles. The molecule has 0 aromatic heterocycles. The Hall–Kier alpha value is -0.660. The zero-order valence-corrected chi connectivity index (χ0v) is 15.2. The highest BCUT2D eigenvalue weighted by atomic mass is 35.5. The molecule has 0 aliphatic carbocycles. The third kappa shape index (κ3) is 4.67. The van der Waals surface area contributed by atoms with Crippen LogP contribution in [0.2, 0.25) is 0 Å². The number of hydrogen-bond donors (Lipinski definition) is 1. The number of nitrogens with one attached hydrogen (secondary N) is 1. The lowest BCUT2D eigenvalue weighted by molar-refractivity contribution is 0.263. The number of rotatable bonds is 4. The monoisotopic (exact) mass is 347 g/mol. The molecular weight excluding hydrogens is 322 g/mol. The summed E-state index contributed by atoms with van der Waals surface area (Å²) < 4.78 is 27.0. The van der Waals surface area contributed by atoms with Gasteiger partial charge in [-0.05, 0) is 45.6 Å². The molecule has 1 aromatic carbocycles. The van der Waals surface area contributed by atoms with Crippen LogP contribution in [0.1, 0.15) is 19.4 Å². The van der Waals surface area contributed by atoms with Gasteiger partial charge in [0.1, 0.15) is 0 Å². The van der Waals surface area contributed by atoms with E-state index in [9.17, 15) is 8.42 Å². The van der Waals surface area contributed by atoms with Crippen LogP contribution in [0.25, 0.3) is 0 Å². The molecule has 1 aromatic rings. The molecule has 7 heteroatoms. The Morgan fingerprint density at radius 1 is 1.14 bits per heavy atom. The first-order valence-electron chi connectivity index (χ1n) is 7.29. The van der Waals surface area contributed by atoms with Gasteiger partial charge in [0.2, 0.25) is 10.0 Å². The first kappa shape index (κ1) is 19.4. The quantitative estimate of drug-likeness (QED) is 0.897. The van der Waals surface area contributed by atoms with E-state index in [1.807, 2.05) is 40.1 Å². The molecule has 1 fully saturated rings. The highest BCUT2D eigenvalue weighted by Gasteiger charge is 2.31. The second-order valence-corrected chi connectivity index (χ2v) is 8.11. The summed E-state index contributed by atoms with van der Waals surface area (Å²) in [6, 6.07) is 7.56. The van der Waals surface area contributed by atoms with Gasteiger partial charge in [0.05, 0.1) is 4.90 Å². The molecule has 126 valence electrons. The van der Waals surface area contributed by atoms with E-state index in [-0.39, 0.29) is 24.5 Å². The summed E-state index contributed by atoms with van der Waals surface area (Å²) in [5.41, 5.74) is 1.11. The van der Waals surface area contributed by atoms with Gasteiger partial charge in [0, 0.05) is 31.7 Å². The first-order chi connectivity index (χ1) is 9.79. The highest BCUT2D eigenvalue weighted by molar-refractivity contribution is 7.89. The molecule has 1 aliphatic heterocycles. The van der Waals surface area contributed by atoms with Gasteiger partial charge in [-0.1, -0.05) is 12.1 Å². The van der Waals surface area contributed by atoms with Gasteiger partial charge in [-0.25, -0.2) is 8.42 Å². The standard InChI is InChI=1S/C15H25N3O2S.ClH/c1-12-9-18(10-13(2)16-12)21(19,20)15-7-5-14(6-8-15)11-17(3)4;/h5-8,12-13,16H,9-11H2,1-4H3;1H. The van der Waals surface area contributed by atoms with Crippen molar-refractivity contribution >= 4 is 22.4 Å². The Bertz CT molecular complexity index is 565. The number of benzene rings is 1. The van der Waals surface area contributed by atoms with E-state index in [4.69, 9.17) is 0 Å². The lowest BCUT2D eigenvalue weighted by Crippen LogP contribution is -2.55. The molecule has 0 radical (unpaired) electrons. The predicted octanol–water partition coefficient (Wildman–Crippen LogP) is 1.54. The van der Waals surface area contributed by atoms with Crippen LogP contribution in [0.3, 0.4) is 0 Å². The van der Waals surface area contributed by atoms with E-state index >= 15 is 0 Å². The van der Waals surface area contributed by atoms with Gasteiger partial charge in [0.15, 0.2) is 0 Å². The number of halogens is 1. The van der Waals surface area contributed by atoms with Crippen LogP contribution in [-0.2, 0) is 16.6 Å². The molecule has 0 spiro atoms. The summed E-state index contributed by atoms with van der Waals surface area (Å²) in [7, 11) is 0.595. The minimum atomic E-state index is -3.39. The van der Waals surface area contributed by atoms with Gasteiger partial charge >= 0.3 is 0 Å². The second-order valence-electron chi connectivity index (χ2n) is 6.17. The van der Waals surface area contributed by atoms with Crippen molar-refractivity contribution < 1.29 is 8.42 Å². The third-order valence-corrected chi connectivity index (χ3v) is 5.43. The maximum Gasteiger partial charge on any atom is 0.243 e. The fourth-order valence-corrected chi connectivity index (χ4v) is 4.37. The van der Waals surface area contributed by atoms with Crippen molar-refractivity contribution in [2.45, 2.75) is 37.4 Å². The van der Waals surface area contributed by atoms with Gasteiger partial charge in [-0.15, -0.1) is 12.4 Å². The van der Waals surface area contributed by atoms with Crippen molar-refractivity contribution in [3.63, 3.8) is 0 Å². The molecule has 1 aliphatic rings. The van der Waals surface area contributed by atoms with Crippen LogP contribution in [0.15, 0.2) is 29.2 Å². The Kier molecular flexibility index (Phi) is 6.83. The molecule has 2 atom stereocenters. The summed E-state index contributed by atoms with van der Waals surface area (Å²) >= 11 is 0. The normalized spacial score (nSPS) is 23.3. The largest absolute Gasteiger partial charge is 0.309 e. The Morgan fingerprint density at radius 3 is 2.09 bits per heavy atom. The van der Waals surface area contributed by atoms with Crippen LogP contribution in [-0.4, -0.2) is 56.9 Å². The maximum absolute atomic E-state index is 12.7. The second kappa shape index (κ2) is 7.75. The van der Waals surface area contributed by atoms with Crippen LogP contribution in [0.5, 0.6) is 0 Å². The summed E-state index contributed by atoms with van der Waals surface area (Å²) in [5.74, 6) is 0. The predicted molar refractivity (Wildman–Crippen MR) is 91.9 cm³/mol. The summed E-state index contributed by atoms with van der Waals surface area (Å²) in [5, 5.41) is 3.35. The molecule has 0 amide bonds. The molecule has 1 saturated heterocycles. The van der Waals surface area contributed by atoms with Crippen molar-refractivity contribution in [3.8, 4) is 0 Å². The average Bonchev–Trinajstić information content (AvgIpc) is 2.37. The van der Waals surface area contributed by atoms with Crippen molar-refractivity contribution in [3.05, 3.63) is 29.8 Å². The first-order valence-corrected chi connectivity index (χ1v) is 8.73. The summed E-state index contributed by atoms with van der Waals surface area (Å²) in [6.45, 7) is 5.87. The topological polar surface area (TPSA) is 52.7 Å². The Balaban J connectivity index is 0.00000242. The molecular formula is C15H26ClN3O2S. The Labute approximate surface area is 140 Å².